The lowest BCUT2D eigenvalue weighted by Crippen LogP contribution is -2.54. The largest absolute Gasteiger partial charge is 0.472 e. The summed E-state index contributed by atoms with van der Waals surface area (Å²) in [7, 11) is 0. The number of carbonyl (C=O) groups excluding carboxylic acids is 2. The monoisotopic (exact) mass is 400 g/mol. The van der Waals surface area contributed by atoms with Gasteiger partial charge in [-0.2, -0.15) is 0 Å². The third-order valence-electron chi connectivity index (χ3n) is 5.74. The van der Waals surface area contributed by atoms with Crippen molar-refractivity contribution < 1.29 is 14.0 Å². The average Bonchev–Trinajstić information content (AvgIpc) is 3.33. The van der Waals surface area contributed by atoms with E-state index in [4.69, 9.17) is 4.42 Å². The molecule has 156 valence electrons. The summed E-state index contributed by atoms with van der Waals surface area (Å²) in [6.45, 7) is 6.36. The molecule has 0 radical (unpaired) electrons. The number of fused-ring (bicyclic) bond motifs is 1. The number of rotatable bonds is 5. The lowest BCUT2D eigenvalue weighted by atomic mass is 10.2. The van der Waals surface area contributed by atoms with Gasteiger partial charge in [-0.25, -0.2) is 0 Å². The van der Waals surface area contributed by atoms with E-state index in [0.29, 0.717) is 18.7 Å². The summed E-state index contributed by atoms with van der Waals surface area (Å²) in [5.41, 5.74) is 0.418. The maximum absolute atomic E-state index is 12.7. The highest BCUT2D eigenvalue weighted by Crippen LogP contribution is 2.16. The van der Waals surface area contributed by atoms with Crippen LogP contribution < -0.4 is 5.32 Å². The fourth-order valence-electron chi connectivity index (χ4n) is 4.00. The van der Waals surface area contributed by atoms with E-state index in [1.165, 1.54) is 31.8 Å². The van der Waals surface area contributed by atoms with Crippen molar-refractivity contribution >= 4 is 11.8 Å². The van der Waals surface area contributed by atoms with Crippen LogP contribution in [0.1, 0.15) is 48.2 Å². The van der Waals surface area contributed by atoms with Crippen molar-refractivity contribution in [3.8, 4) is 0 Å². The van der Waals surface area contributed by atoms with E-state index in [2.05, 4.69) is 25.0 Å². The third-order valence-corrected chi connectivity index (χ3v) is 5.74. The van der Waals surface area contributed by atoms with Crippen LogP contribution in [0.5, 0.6) is 0 Å². The zero-order valence-electron chi connectivity index (χ0n) is 16.8. The number of hydrogen-bond acceptors (Lipinski definition) is 6. The molecule has 1 fully saturated rings. The van der Waals surface area contributed by atoms with Gasteiger partial charge in [0.15, 0.2) is 0 Å². The Morgan fingerprint density at radius 2 is 1.97 bits per heavy atom. The van der Waals surface area contributed by atoms with Gasteiger partial charge in [0.25, 0.3) is 5.91 Å². The SMILES string of the molecule is C[C@H](NC(=O)c1ccoc1)C(=O)N1CCN(Cc2nnc3n2CCCCC3)CC1. The molecule has 4 rings (SSSR count). The Bertz CT molecular complexity index is 839. The van der Waals surface area contributed by atoms with E-state index in [1.807, 2.05) is 4.90 Å². The lowest BCUT2D eigenvalue weighted by Gasteiger charge is -2.35. The number of aromatic nitrogens is 3. The molecule has 0 aromatic carbocycles. The van der Waals surface area contributed by atoms with E-state index in [0.717, 1.165) is 44.2 Å². The first-order valence-electron chi connectivity index (χ1n) is 10.4. The third kappa shape index (κ3) is 4.50. The first kappa shape index (κ1) is 19.6. The molecule has 1 saturated heterocycles. The Morgan fingerprint density at radius 1 is 1.14 bits per heavy atom. The lowest BCUT2D eigenvalue weighted by molar-refractivity contribution is -0.134. The van der Waals surface area contributed by atoms with Crippen LogP contribution in [-0.2, 0) is 24.3 Å². The molecule has 2 aromatic heterocycles. The average molecular weight is 400 g/mol. The molecule has 0 bridgehead atoms. The Hall–Kier alpha value is -2.68. The van der Waals surface area contributed by atoms with Crippen molar-refractivity contribution in [2.75, 3.05) is 26.2 Å². The minimum Gasteiger partial charge on any atom is -0.472 e. The Labute approximate surface area is 170 Å². The Morgan fingerprint density at radius 3 is 2.72 bits per heavy atom. The van der Waals surface area contributed by atoms with Crippen LogP contribution in [0, 0.1) is 0 Å². The van der Waals surface area contributed by atoms with E-state index in [-0.39, 0.29) is 11.8 Å². The van der Waals surface area contributed by atoms with Gasteiger partial charge in [0, 0.05) is 39.1 Å². The molecule has 4 heterocycles. The number of amides is 2. The van der Waals surface area contributed by atoms with Crippen molar-refractivity contribution in [3.05, 3.63) is 35.8 Å². The fraction of sp³-hybridized carbons (Fsp3) is 0.600. The highest BCUT2D eigenvalue weighted by molar-refractivity contribution is 5.97. The van der Waals surface area contributed by atoms with Crippen LogP contribution in [0.2, 0.25) is 0 Å². The minimum atomic E-state index is -0.573. The Balaban J connectivity index is 1.27. The van der Waals surface area contributed by atoms with Gasteiger partial charge in [-0.05, 0) is 25.8 Å². The molecule has 0 saturated carbocycles. The molecule has 2 amide bonds. The number of furan rings is 1. The second-order valence-corrected chi connectivity index (χ2v) is 7.80. The Kier molecular flexibility index (Phi) is 5.94. The number of hydrogen-bond donors (Lipinski definition) is 1. The molecule has 0 unspecified atom stereocenters. The fourth-order valence-corrected chi connectivity index (χ4v) is 4.00. The second-order valence-electron chi connectivity index (χ2n) is 7.80. The van der Waals surface area contributed by atoms with Crippen LogP contribution in [0.15, 0.2) is 23.0 Å². The summed E-state index contributed by atoms with van der Waals surface area (Å²) in [5, 5.41) is 11.5. The van der Waals surface area contributed by atoms with Crippen LogP contribution >= 0.6 is 0 Å². The van der Waals surface area contributed by atoms with Crippen molar-refractivity contribution in [1.29, 1.82) is 0 Å². The summed E-state index contributed by atoms with van der Waals surface area (Å²) in [6, 6.07) is 1.01. The highest BCUT2D eigenvalue weighted by atomic mass is 16.3. The molecule has 0 spiro atoms. The standard InChI is InChI=1S/C20H28N6O3/c1-15(21-19(27)16-6-12-29-14-16)20(28)25-10-8-24(9-11-25)13-18-23-22-17-5-3-2-4-7-26(17)18/h6,12,14-15H,2-5,7-11,13H2,1H3,(H,21,27)/t15-/m0/s1. The summed E-state index contributed by atoms with van der Waals surface area (Å²) in [6.07, 6.45) is 7.44. The van der Waals surface area contributed by atoms with Gasteiger partial charge in [-0.1, -0.05) is 6.42 Å². The molecule has 29 heavy (non-hydrogen) atoms. The van der Waals surface area contributed by atoms with Crippen LogP contribution in [0.3, 0.4) is 0 Å². The molecule has 9 heteroatoms. The molecule has 1 atom stereocenters. The van der Waals surface area contributed by atoms with Crippen LogP contribution in [0.25, 0.3) is 0 Å². The molecule has 2 aliphatic heterocycles. The molecular formula is C20H28N6O3. The van der Waals surface area contributed by atoms with Crippen LogP contribution in [-0.4, -0.2) is 68.6 Å². The van der Waals surface area contributed by atoms with Gasteiger partial charge in [-0.15, -0.1) is 10.2 Å². The number of nitrogens with one attached hydrogen (secondary N) is 1. The molecule has 2 aromatic rings. The quantitative estimate of drug-likeness (QED) is 0.806. The summed E-state index contributed by atoms with van der Waals surface area (Å²) >= 11 is 0. The van der Waals surface area contributed by atoms with Crippen molar-refractivity contribution in [3.63, 3.8) is 0 Å². The van der Waals surface area contributed by atoms with E-state index >= 15 is 0 Å². The number of carbonyl (C=O) groups is 2. The minimum absolute atomic E-state index is 0.0576. The van der Waals surface area contributed by atoms with E-state index in [9.17, 15) is 9.59 Å². The maximum atomic E-state index is 12.7. The zero-order valence-corrected chi connectivity index (χ0v) is 16.8. The van der Waals surface area contributed by atoms with Gasteiger partial charge in [0.1, 0.15) is 24.0 Å². The van der Waals surface area contributed by atoms with Crippen molar-refractivity contribution in [2.24, 2.45) is 0 Å². The number of piperazine rings is 1. The van der Waals surface area contributed by atoms with Gasteiger partial charge >= 0.3 is 0 Å². The van der Waals surface area contributed by atoms with Gasteiger partial charge < -0.3 is 19.2 Å². The normalized spacial score (nSPS) is 18.7. The maximum Gasteiger partial charge on any atom is 0.255 e. The molecular weight excluding hydrogens is 372 g/mol. The first-order valence-corrected chi connectivity index (χ1v) is 10.4. The molecule has 1 N–H and O–H groups in total. The zero-order chi connectivity index (χ0) is 20.2. The first-order chi connectivity index (χ1) is 14.1. The summed E-state index contributed by atoms with van der Waals surface area (Å²) in [5.74, 6) is 1.78. The van der Waals surface area contributed by atoms with Gasteiger partial charge in [-0.3, -0.25) is 14.5 Å². The van der Waals surface area contributed by atoms with Gasteiger partial charge in [0.05, 0.1) is 18.4 Å². The second kappa shape index (κ2) is 8.77. The van der Waals surface area contributed by atoms with Crippen molar-refractivity contribution in [1.82, 2.24) is 29.9 Å². The van der Waals surface area contributed by atoms with E-state index < -0.39 is 6.04 Å². The topological polar surface area (TPSA) is 96.5 Å². The summed E-state index contributed by atoms with van der Waals surface area (Å²) < 4.78 is 7.19. The number of nitrogens with zero attached hydrogens (tertiary/aromatic N) is 5. The predicted molar refractivity (Wildman–Crippen MR) is 105 cm³/mol. The molecule has 0 aliphatic carbocycles. The summed E-state index contributed by atoms with van der Waals surface area (Å²) in [4.78, 5) is 28.9. The number of aryl methyl sites for hydroxylation is 1. The van der Waals surface area contributed by atoms with Gasteiger partial charge in [0.2, 0.25) is 5.91 Å². The molecule has 2 aliphatic rings. The highest BCUT2D eigenvalue weighted by Gasteiger charge is 2.27. The predicted octanol–water partition coefficient (Wildman–Crippen LogP) is 1.06. The molecule has 9 nitrogen and oxygen atoms in total. The van der Waals surface area contributed by atoms with Crippen molar-refractivity contribution in [2.45, 2.75) is 51.7 Å². The smallest absolute Gasteiger partial charge is 0.255 e. The van der Waals surface area contributed by atoms with E-state index in [1.54, 1.807) is 13.0 Å². The van der Waals surface area contributed by atoms with Crippen LogP contribution in [0.4, 0.5) is 0 Å².